The van der Waals surface area contributed by atoms with Crippen LogP contribution in [0.4, 0.5) is 0 Å². The van der Waals surface area contributed by atoms with Crippen molar-refractivity contribution < 1.29 is 0 Å². The molecule has 0 bridgehead atoms. The van der Waals surface area contributed by atoms with Gasteiger partial charge >= 0.3 is 0 Å². The molecule has 1 aromatic carbocycles. The number of pyridine rings is 1. The van der Waals surface area contributed by atoms with Gasteiger partial charge in [-0.25, -0.2) is 9.97 Å². The van der Waals surface area contributed by atoms with Gasteiger partial charge in [-0.05, 0) is 52.7 Å². The quantitative estimate of drug-likeness (QED) is 0.646. The van der Waals surface area contributed by atoms with E-state index in [1.807, 2.05) is 23.6 Å². The van der Waals surface area contributed by atoms with Crippen molar-refractivity contribution in [3.63, 3.8) is 0 Å². The zero-order valence-electron chi connectivity index (χ0n) is 11.1. The number of alkyl halides is 1. The molecule has 0 amide bonds. The molecule has 0 saturated carbocycles. The first-order chi connectivity index (χ1) is 10.2. The number of hydrogen-bond donors (Lipinski definition) is 0. The summed E-state index contributed by atoms with van der Waals surface area (Å²) < 4.78 is 2.72. The van der Waals surface area contributed by atoms with Gasteiger partial charge in [0, 0.05) is 10.7 Å². The highest BCUT2D eigenvalue weighted by Gasteiger charge is 2.16. The minimum atomic E-state index is 0.280. The summed E-state index contributed by atoms with van der Waals surface area (Å²) in [6.45, 7) is 1.99. The number of benzene rings is 1. The molecule has 0 aliphatic heterocycles. The van der Waals surface area contributed by atoms with Gasteiger partial charge in [-0.1, -0.05) is 0 Å². The maximum atomic E-state index is 8.97. The highest BCUT2D eigenvalue weighted by atomic mass is 79.9. The Morgan fingerprint density at radius 1 is 1.38 bits per heavy atom. The number of rotatable bonds is 2. The first-order valence-electron chi connectivity index (χ1n) is 6.24. The summed E-state index contributed by atoms with van der Waals surface area (Å²) in [5.74, 6) is 1.00. The van der Waals surface area contributed by atoms with Crippen molar-refractivity contribution in [2.75, 3.05) is 0 Å². The van der Waals surface area contributed by atoms with E-state index in [0.717, 1.165) is 32.7 Å². The van der Waals surface area contributed by atoms with Crippen LogP contribution < -0.4 is 0 Å². The van der Waals surface area contributed by atoms with E-state index in [4.69, 9.17) is 16.9 Å². The highest BCUT2D eigenvalue weighted by Crippen LogP contribution is 2.28. The Labute approximate surface area is 135 Å². The molecule has 0 aliphatic rings. The maximum absolute atomic E-state index is 8.97. The number of aryl methyl sites for hydroxylation is 1. The summed E-state index contributed by atoms with van der Waals surface area (Å²) in [7, 11) is 0. The zero-order valence-corrected chi connectivity index (χ0v) is 13.5. The van der Waals surface area contributed by atoms with Crippen molar-refractivity contribution in [2.24, 2.45) is 0 Å². The van der Waals surface area contributed by atoms with E-state index in [1.165, 1.54) is 0 Å². The van der Waals surface area contributed by atoms with Crippen LogP contribution in [0.2, 0.25) is 0 Å². The second kappa shape index (κ2) is 5.47. The number of nitriles is 1. The number of halogens is 2. The topological polar surface area (TPSA) is 54.5 Å². The monoisotopic (exact) mass is 360 g/mol. The van der Waals surface area contributed by atoms with Crippen LogP contribution in [-0.2, 0) is 5.88 Å². The van der Waals surface area contributed by atoms with Gasteiger partial charge < -0.3 is 0 Å². The van der Waals surface area contributed by atoms with Gasteiger partial charge in [0.15, 0.2) is 5.65 Å². The number of imidazole rings is 1. The minimum absolute atomic E-state index is 0.280. The summed E-state index contributed by atoms with van der Waals surface area (Å²) in [5.41, 5.74) is 4.10. The molecule has 2 heterocycles. The van der Waals surface area contributed by atoms with Gasteiger partial charge in [-0.15, -0.1) is 11.6 Å². The van der Waals surface area contributed by atoms with Gasteiger partial charge in [0.25, 0.3) is 0 Å². The molecule has 0 aliphatic carbocycles. The van der Waals surface area contributed by atoms with Crippen LogP contribution in [0.5, 0.6) is 0 Å². The average molecular weight is 362 g/mol. The third-order valence-corrected chi connectivity index (χ3v) is 4.13. The predicted octanol–water partition coefficient (Wildman–Crippen LogP) is 4.10. The van der Waals surface area contributed by atoms with Gasteiger partial charge in [-0.3, -0.25) is 4.57 Å². The van der Waals surface area contributed by atoms with E-state index in [0.29, 0.717) is 5.56 Å². The first-order valence-corrected chi connectivity index (χ1v) is 7.57. The molecule has 0 unspecified atom stereocenters. The van der Waals surface area contributed by atoms with Crippen LogP contribution in [0.25, 0.3) is 16.9 Å². The molecule has 0 atom stereocenters. The lowest BCUT2D eigenvalue weighted by Crippen LogP contribution is -2.01. The van der Waals surface area contributed by atoms with Crippen molar-refractivity contribution in [1.29, 1.82) is 5.26 Å². The molecular formula is C15H10BrClN4. The molecule has 3 rings (SSSR count). The summed E-state index contributed by atoms with van der Waals surface area (Å²) in [4.78, 5) is 9.00. The smallest absolute Gasteiger partial charge is 0.165 e. The fourth-order valence-electron chi connectivity index (χ4n) is 2.24. The summed E-state index contributed by atoms with van der Waals surface area (Å²) >= 11 is 9.54. The third-order valence-electron chi connectivity index (χ3n) is 3.25. The molecular weight excluding hydrogens is 352 g/mol. The van der Waals surface area contributed by atoms with Crippen molar-refractivity contribution in [3.8, 4) is 11.8 Å². The minimum Gasteiger partial charge on any atom is -0.279 e. The number of nitrogens with zero attached hydrogens (tertiary/aromatic N) is 4. The number of aromatic nitrogens is 3. The Morgan fingerprint density at radius 2 is 2.19 bits per heavy atom. The van der Waals surface area contributed by atoms with Crippen LogP contribution in [0.1, 0.15) is 17.0 Å². The molecule has 104 valence electrons. The van der Waals surface area contributed by atoms with Crippen molar-refractivity contribution in [1.82, 2.24) is 14.5 Å². The van der Waals surface area contributed by atoms with Crippen LogP contribution >= 0.6 is 27.5 Å². The largest absolute Gasteiger partial charge is 0.279 e. The Bertz CT molecular complexity index is 879. The predicted molar refractivity (Wildman–Crippen MR) is 85.6 cm³/mol. The van der Waals surface area contributed by atoms with E-state index in [2.05, 4.69) is 32.0 Å². The third kappa shape index (κ3) is 2.31. The molecule has 6 heteroatoms. The van der Waals surface area contributed by atoms with Crippen molar-refractivity contribution in [2.45, 2.75) is 12.8 Å². The second-order valence-electron chi connectivity index (χ2n) is 4.58. The molecule has 0 N–H and O–H groups in total. The van der Waals surface area contributed by atoms with Gasteiger partial charge in [0.2, 0.25) is 0 Å². The zero-order chi connectivity index (χ0) is 15.0. The molecule has 2 aromatic heterocycles. The van der Waals surface area contributed by atoms with Gasteiger partial charge in [0.1, 0.15) is 11.3 Å². The molecule has 0 fully saturated rings. The van der Waals surface area contributed by atoms with Gasteiger partial charge in [0.05, 0.1) is 23.2 Å². The standard InChI is InChI=1S/C15H10BrClN4/c1-9-4-5-19-15-14(9)20-13(7-17)21(15)12-3-2-10(8-18)6-11(12)16/h2-6H,7H2,1H3. The van der Waals surface area contributed by atoms with Crippen LogP contribution in [0, 0.1) is 18.3 Å². The summed E-state index contributed by atoms with van der Waals surface area (Å²) in [5, 5.41) is 8.97. The average Bonchev–Trinajstić information content (AvgIpc) is 2.87. The second-order valence-corrected chi connectivity index (χ2v) is 5.70. The first kappa shape index (κ1) is 14.1. The fourth-order valence-corrected chi connectivity index (χ4v) is 2.98. The number of fused-ring (bicyclic) bond motifs is 1. The normalized spacial score (nSPS) is 10.8. The molecule has 4 nitrogen and oxygen atoms in total. The lowest BCUT2D eigenvalue weighted by Gasteiger charge is -2.09. The van der Waals surface area contributed by atoms with E-state index in [9.17, 15) is 0 Å². The number of hydrogen-bond acceptors (Lipinski definition) is 3. The molecule has 21 heavy (non-hydrogen) atoms. The van der Waals surface area contributed by atoms with E-state index < -0.39 is 0 Å². The molecule has 0 radical (unpaired) electrons. The van der Waals surface area contributed by atoms with Crippen LogP contribution in [0.3, 0.4) is 0 Å². The van der Waals surface area contributed by atoms with E-state index in [1.54, 1.807) is 18.3 Å². The van der Waals surface area contributed by atoms with Crippen LogP contribution in [0.15, 0.2) is 34.9 Å². The molecule has 3 aromatic rings. The Kier molecular flexibility index (Phi) is 3.66. The highest BCUT2D eigenvalue weighted by molar-refractivity contribution is 9.10. The fraction of sp³-hybridized carbons (Fsp3) is 0.133. The van der Waals surface area contributed by atoms with Crippen molar-refractivity contribution in [3.05, 3.63) is 51.9 Å². The lowest BCUT2D eigenvalue weighted by molar-refractivity contribution is 0.965. The SMILES string of the molecule is Cc1ccnc2c1nc(CCl)n2-c1ccc(C#N)cc1Br. The maximum Gasteiger partial charge on any atom is 0.165 e. The Morgan fingerprint density at radius 3 is 2.86 bits per heavy atom. The molecule has 0 spiro atoms. The lowest BCUT2D eigenvalue weighted by atomic mass is 10.2. The summed E-state index contributed by atoms with van der Waals surface area (Å²) in [6, 6.07) is 9.44. The van der Waals surface area contributed by atoms with E-state index >= 15 is 0 Å². The summed E-state index contributed by atoms with van der Waals surface area (Å²) in [6.07, 6.45) is 1.76. The Balaban J connectivity index is 2.34. The Hall–Kier alpha value is -1.90. The molecule has 0 saturated heterocycles. The van der Waals surface area contributed by atoms with Crippen LogP contribution in [-0.4, -0.2) is 14.5 Å². The van der Waals surface area contributed by atoms with Gasteiger partial charge in [-0.2, -0.15) is 5.26 Å². The van der Waals surface area contributed by atoms with E-state index in [-0.39, 0.29) is 5.88 Å². The van der Waals surface area contributed by atoms with Crippen molar-refractivity contribution >= 4 is 38.7 Å².